The maximum Gasteiger partial charge on any atom is 0.262 e. The molecule has 5 nitrogen and oxygen atoms in total. The van der Waals surface area contributed by atoms with Gasteiger partial charge >= 0.3 is 0 Å². The first-order chi connectivity index (χ1) is 13.8. The van der Waals surface area contributed by atoms with Gasteiger partial charge in [-0.25, -0.2) is 0 Å². The van der Waals surface area contributed by atoms with Crippen LogP contribution in [0.2, 0.25) is 5.02 Å². The zero-order chi connectivity index (χ0) is 21.0. The molecule has 2 aromatic carbocycles. The van der Waals surface area contributed by atoms with Crippen molar-refractivity contribution in [1.29, 1.82) is 0 Å². The number of amides is 1. The number of thiocarbonyl (C=S) groups is 1. The molecule has 2 aromatic rings. The second-order valence-electron chi connectivity index (χ2n) is 7.24. The number of carbonyl (C=O) groups excluding carboxylic acids is 1. The van der Waals surface area contributed by atoms with Crippen molar-refractivity contribution in [2.75, 3.05) is 25.0 Å². The molecule has 1 aliphatic heterocycles. The van der Waals surface area contributed by atoms with Gasteiger partial charge in [0.05, 0.1) is 12.2 Å². The number of rotatable bonds is 5. The van der Waals surface area contributed by atoms with Gasteiger partial charge in [-0.05, 0) is 62.7 Å². The van der Waals surface area contributed by atoms with Gasteiger partial charge in [-0.2, -0.15) is 0 Å². The summed E-state index contributed by atoms with van der Waals surface area (Å²) in [5.41, 5.74) is 2.46. The molecule has 0 unspecified atom stereocenters. The van der Waals surface area contributed by atoms with Crippen LogP contribution in [0, 0.1) is 6.92 Å². The van der Waals surface area contributed by atoms with Crippen molar-refractivity contribution in [3.63, 3.8) is 0 Å². The third-order valence-electron chi connectivity index (χ3n) is 4.72. The Kier molecular flexibility index (Phi) is 7.11. The lowest BCUT2D eigenvalue weighted by Crippen LogP contribution is -2.47. The van der Waals surface area contributed by atoms with Gasteiger partial charge in [0, 0.05) is 29.4 Å². The number of halogens is 1. The van der Waals surface area contributed by atoms with Crippen LogP contribution < -0.4 is 10.1 Å². The minimum atomic E-state index is -0.244. The van der Waals surface area contributed by atoms with Crippen LogP contribution in [0.4, 0.5) is 5.69 Å². The first-order valence-electron chi connectivity index (χ1n) is 9.56. The van der Waals surface area contributed by atoms with E-state index < -0.39 is 0 Å². The Morgan fingerprint density at radius 1 is 1.21 bits per heavy atom. The van der Waals surface area contributed by atoms with Crippen LogP contribution in [-0.2, 0) is 9.53 Å². The minimum absolute atomic E-state index is 0.0890. The highest BCUT2D eigenvalue weighted by Gasteiger charge is 2.24. The molecule has 0 spiro atoms. The molecule has 1 fully saturated rings. The van der Waals surface area contributed by atoms with Crippen LogP contribution in [0.25, 0.3) is 0 Å². The van der Waals surface area contributed by atoms with E-state index in [4.69, 9.17) is 33.3 Å². The summed E-state index contributed by atoms with van der Waals surface area (Å²) in [6.07, 6.45) is 0.307. The van der Waals surface area contributed by atoms with E-state index >= 15 is 0 Å². The summed E-state index contributed by atoms with van der Waals surface area (Å²) in [5, 5.41) is 3.42. The lowest BCUT2D eigenvalue weighted by atomic mass is 10.1. The average Bonchev–Trinajstić information content (AvgIpc) is 2.69. The Balaban J connectivity index is 1.54. The van der Waals surface area contributed by atoms with Crippen LogP contribution in [0.1, 0.15) is 25.0 Å². The van der Waals surface area contributed by atoms with Crippen LogP contribution >= 0.6 is 23.8 Å². The van der Waals surface area contributed by atoms with Gasteiger partial charge in [0.15, 0.2) is 6.61 Å². The number of ether oxygens (including phenoxy) is 2. The Labute approximate surface area is 181 Å². The smallest absolute Gasteiger partial charge is 0.262 e. The van der Waals surface area contributed by atoms with Crippen molar-refractivity contribution < 1.29 is 14.3 Å². The van der Waals surface area contributed by atoms with Gasteiger partial charge in [-0.15, -0.1) is 0 Å². The van der Waals surface area contributed by atoms with E-state index in [1.54, 1.807) is 12.1 Å². The molecule has 1 amide bonds. The maximum atomic E-state index is 12.2. The van der Waals surface area contributed by atoms with Crippen molar-refractivity contribution in [2.45, 2.75) is 33.0 Å². The number of hydrogen-bond acceptors (Lipinski definition) is 4. The number of anilines is 1. The van der Waals surface area contributed by atoms with Crippen LogP contribution in [-0.4, -0.2) is 47.7 Å². The van der Waals surface area contributed by atoms with E-state index in [2.05, 4.69) is 24.1 Å². The van der Waals surface area contributed by atoms with E-state index in [1.807, 2.05) is 37.3 Å². The van der Waals surface area contributed by atoms with E-state index in [0.29, 0.717) is 16.5 Å². The predicted octanol–water partition coefficient (Wildman–Crippen LogP) is 4.45. The van der Waals surface area contributed by atoms with Gasteiger partial charge in [-0.1, -0.05) is 29.9 Å². The third-order valence-corrected chi connectivity index (χ3v) is 5.62. The SMILES string of the molecule is Cc1c(Cl)cccc1NC(=O)COc1ccc(C(=S)N2C[C@@H](C)O[C@H](C)C2)cc1. The zero-order valence-corrected chi connectivity index (χ0v) is 18.3. The Morgan fingerprint density at radius 3 is 2.52 bits per heavy atom. The number of hydrogen-bond donors (Lipinski definition) is 1. The molecule has 1 N–H and O–H groups in total. The second kappa shape index (κ2) is 9.57. The summed E-state index contributed by atoms with van der Waals surface area (Å²) in [7, 11) is 0. The highest BCUT2D eigenvalue weighted by atomic mass is 35.5. The molecule has 29 heavy (non-hydrogen) atoms. The molecular weight excluding hydrogens is 408 g/mol. The third kappa shape index (κ3) is 5.69. The molecular formula is C22H25ClN2O3S. The van der Waals surface area contributed by atoms with Gasteiger partial charge in [0.1, 0.15) is 10.7 Å². The molecule has 3 rings (SSSR count). The highest BCUT2D eigenvalue weighted by Crippen LogP contribution is 2.23. The molecule has 1 aliphatic rings. The molecule has 1 heterocycles. The van der Waals surface area contributed by atoms with E-state index in [1.165, 1.54) is 0 Å². The van der Waals surface area contributed by atoms with Crippen LogP contribution in [0.15, 0.2) is 42.5 Å². The quantitative estimate of drug-likeness (QED) is 0.707. The number of nitrogens with one attached hydrogen (secondary N) is 1. The molecule has 1 saturated heterocycles. The fourth-order valence-electron chi connectivity index (χ4n) is 3.30. The predicted molar refractivity (Wildman–Crippen MR) is 120 cm³/mol. The first kappa shape index (κ1) is 21.6. The number of morpholine rings is 1. The largest absolute Gasteiger partial charge is 0.484 e. The number of benzene rings is 2. The van der Waals surface area contributed by atoms with Crippen molar-refractivity contribution in [2.24, 2.45) is 0 Å². The minimum Gasteiger partial charge on any atom is -0.484 e. The molecule has 0 aliphatic carbocycles. The summed E-state index contributed by atoms with van der Waals surface area (Å²) >= 11 is 11.7. The molecule has 7 heteroatoms. The lowest BCUT2D eigenvalue weighted by molar-refractivity contribution is -0.118. The summed E-state index contributed by atoms with van der Waals surface area (Å²) in [6, 6.07) is 12.9. The molecule has 154 valence electrons. The van der Waals surface area contributed by atoms with Gasteiger partial charge < -0.3 is 19.7 Å². The Hall–Kier alpha value is -2.15. The fraction of sp³-hybridized carbons (Fsp3) is 0.364. The summed E-state index contributed by atoms with van der Waals surface area (Å²) in [4.78, 5) is 15.1. The fourth-order valence-corrected chi connectivity index (χ4v) is 3.76. The first-order valence-corrected chi connectivity index (χ1v) is 10.3. The second-order valence-corrected chi connectivity index (χ2v) is 8.03. The number of carbonyl (C=O) groups is 1. The average molecular weight is 433 g/mol. The lowest BCUT2D eigenvalue weighted by Gasteiger charge is -2.37. The molecule has 0 bridgehead atoms. The molecule has 0 aromatic heterocycles. The summed E-state index contributed by atoms with van der Waals surface area (Å²) in [6.45, 7) is 7.44. The van der Waals surface area contributed by atoms with Gasteiger partial charge in [0.2, 0.25) is 0 Å². The standard InChI is InChI=1S/C22H25ClN2O3S/c1-14-11-25(12-15(2)28-14)22(29)17-7-9-18(10-8-17)27-13-21(26)24-20-6-4-5-19(23)16(20)3/h4-10,14-15H,11-13H2,1-3H3,(H,24,26)/t14-,15-/m1/s1. The van der Waals surface area contributed by atoms with E-state index in [9.17, 15) is 4.79 Å². The Bertz CT molecular complexity index is 878. The van der Waals surface area contributed by atoms with Crippen molar-refractivity contribution >= 4 is 40.4 Å². The van der Waals surface area contributed by atoms with E-state index in [0.717, 1.165) is 29.2 Å². The van der Waals surface area contributed by atoms with Crippen molar-refractivity contribution in [3.05, 3.63) is 58.6 Å². The van der Waals surface area contributed by atoms with E-state index in [-0.39, 0.29) is 24.7 Å². The summed E-state index contributed by atoms with van der Waals surface area (Å²) in [5.74, 6) is 0.365. The van der Waals surface area contributed by atoms with Gasteiger partial charge in [0.25, 0.3) is 5.91 Å². The normalized spacial score (nSPS) is 19.0. The molecule has 0 saturated carbocycles. The molecule has 2 atom stereocenters. The monoisotopic (exact) mass is 432 g/mol. The topological polar surface area (TPSA) is 50.8 Å². The van der Waals surface area contributed by atoms with Crippen LogP contribution in [0.3, 0.4) is 0 Å². The van der Waals surface area contributed by atoms with Crippen LogP contribution in [0.5, 0.6) is 5.75 Å². The van der Waals surface area contributed by atoms with Crippen molar-refractivity contribution in [1.82, 2.24) is 4.90 Å². The zero-order valence-electron chi connectivity index (χ0n) is 16.8. The van der Waals surface area contributed by atoms with Gasteiger partial charge in [-0.3, -0.25) is 4.79 Å². The Morgan fingerprint density at radius 2 is 1.86 bits per heavy atom. The number of nitrogens with zero attached hydrogens (tertiary/aromatic N) is 1. The summed E-state index contributed by atoms with van der Waals surface area (Å²) < 4.78 is 11.4. The van der Waals surface area contributed by atoms with Crippen molar-refractivity contribution in [3.8, 4) is 5.75 Å². The highest BCUT2D eigenvalue weighted by molar-refractivity contribution is 7.80. The maximum absolute atomic E-state index is 12.2. The molecule has 0 radical (unpaired) electrons.